The number of carbonyl (C=O) groups excluding carboxylic acids is 1. The van der Waals surface area contributed by atoms with Gasteiger partial charge in [-0.2, -0.15) is 16.9 Å². The number of nitrogens with one attached hydrogen (secondary N) is 1. The molecule has 1 saturated carbocycles. The summed E-state index contributed by atoms with van der Waals surface area (Å²) in [5.74, 6) is 2.24. The second-order valence-corrected chi connectivity index (χ2v) is 8.16. The minimum Gasteiger partial charge on any atom is -0.337 e. The molecule has 23 heavy (non-hydrogen) atoms. The Morgan fingerprint density at radius 3 is 2.83 bits per heavy atom. The van der Waals surface area contributed by atoms with E-state index in [1.807, 2.05) is 35.2 Å². The molecular weight excluding hydrogens is 310 g/mol. The van der Waals surface area contributed by atoms with Crippen molar-refractivity contribution >= 4 is 17.8 Å². The van der Waals surface area contributed by atoms with Gasteiger partial charge in [-0.15, -0.1) is 0 Å². The van der Waals surface area contributed by atoms with Gasteiger partial charge in [-0.05, 0) is 51.7 Å². The molecule has 1 N–H and O–H groups in total. The number of aryl methyl sites for hydroxylation is 2. The molecule has 0 aromatic carbocycles. The van der Waals surface area contributed by atoms with Gasteiger partial charge in [0.2, 0.25) is 0 Å². The van der Waals surface area contributed by atoms with Crippen LogP contribution in [0.5, 0.6) is 0 Å². The Labute approximate surface area is 142 Å². The zero-order valence-electron chi connectivity index (χ0n) is 14.3. The largest absolute Gasteiger partial charge is 0.337 e. The Hall–Kier alpha value is -1.24. The van der Waals surface area contributed by atoms with Gasteiger partial charge in [0.05, 0.1) is 0 Å². The number of hydrogen-bond acceptors (Lipinski definition) is 4. The Kier molecular flexibility index (Phi) is 4.85. The maximum absolute atomic E-state index is 12.4. The predicted molar refractivity (Wildman–Crippen MR) is 92.7 cm³/mol. The summed E-state index contributed by atoms with van der Waals surface area (Å²) in [4.78, 5) is 18.8. The number of urea groups is 1. The fraction of sp³-hybridized carbons (Fsp3) is 0.812. The van der Waals surface area contributed by atoms with E-state index in [9.17, 15) is 4.79 Å². The van der Waals surface area contributed by atoms with E-state index in [1.54, 1.807) is 0 Å². The lowest BCUT2D eigenvalue weighted by Crippen LogP contribution is -2.47. The second-order valence-electron chi connectivity index (χ2n) is 6.89. The van der Waals surface area contributed by atoms with Crippen molar-refractivity contribution in [3.05, 3.63) is 11.6 Å². The molecule has 1 aliphatic heterocycles. The number of hydrogen-bond donors (Lipinski definition) is 1. The number of amides is 2. The third-order valence-electron chi connectivity index (χ3n) is 5.00. The summed E-state index contributed by atoms with van der Waals surface area (Å²) in [5, 5.41) is 7.58. The minimum atomic E-state index is 0.0986. The summed E-state index contributed by atoms with van der Waals surface area (Å²) in [6.45, 7) is 7.25. The SMILES string of the molecule is CSC1(CNC(=O)N2CCC[C@@H](Cn3nc(C)nc3C)C2)CC1. The predicted octanol–water partition coefficient (Wildman–Crippen LogP) is 2.21. The van der Waals surface area contributed by atoms with Crippen LogP contribution >= 0.6 is 11.8 Å². The summed E-state index contributed by atoms with van der Waals surface area (Å²) >= 11 is 1.88. The van der Waals surface area contributed by atoms with E-state index in [0.717, 1.165) is 50.7 Å². The highest BCUT2D eigenvalue weighted by Gasteiger charge is 2.42. The van der Waals surface area contributed by atoms with Crippen LogP contribution in [0.2, 0.25) is 0 Å². The van der Waals surface area contributed by atoms with Gasteiger partial charge in [-0.1, -0.05) is 0 Å². The maximum atomic E-state index is 12.4. The van der Waals surface area contributed by atoms with Crippen molar-refractivity contribution < 1.29 is 4.79 Å². The van der Waals surface area contributed by atoms with Gasteiger partial charge in [-0.3, -0.25) is 0 Å². The fourth-order valence-corrected chi connectivity index (χ4v) is 4.05. The molecule has 2 aliphatic rings. The molecule has 2 heterocycles. The quantitative estimate of drug-likeness (QED) is 0.895. The molecule has 2 amide bonds. The van der Waals surface area contributed by atoms with Crippen LogP contribution in [0.1, 0.15) is 37.3 Å². The zero-order valence-corrected chi connectivity index (χ0v) is 15.2. The highest BCUT2D eigenvalue weighted by molar-refractivity contribution is 8.00. The third kappa shape index (κ3) is 4.00. The van der Waals surface area contributed by atoms with E-state index < -0.39 is 0 Å². The Bertz CT molecular complexity index is 569. The summed E-state index contributed by atoms with van der Waals surface area (Å²) in [6, 6.07) is 0.0986. The van der Waals surface area contributed by atoms with Crippen LogP contribution < -0.4 is 5.32 Å². The molecular formula is C16H27N5OS. The lowest BCUT2D eigenvalue weighted by Gasteiger charge is -2.33. The van der Waals surface area contributed by atoms with Gasteiger partial charge < -0.3 is 10.2 Å². The Morgan fingerprint density at radius 1 is 1.43 bits per heavy atom. The van der Waals surface area contributed by atoms with E-state index in [0.29, 0.717) is 10.7 Å². The number of carbonyl (C=O) groups is 1. The molecule has 1 aromatic heterocycles. The van der Waals surface area contributed by atoms with Gasteiger partial charge in [0, 0.05) is 30.9 Å². The minimum absolute atomic E-state index is 0.0986. The number of rotatable bonds is 5. The average Bonchev–Trinajstić information content (AvgIpc) is 3.26. The van der Waals surface area contributed by atoms with Crippen LogP contribution in [0.15, 0.2) is 0 Å². The molecule has 3 rings (SSSR count). The molecule has 1 saturated heterocycles. The topological polar surface area (TPSA) is 63.1 Å². The number of likely N-dealkylation sites (tertiary alicyclic amines) is 1. The highest BCUT2D eigenvalue weighted by atomic mass is 32.2. The summed E-state index contributed by atoms with van der Waals surface area (Å²) < 4.78 is 2.30. The van der Waals surface area contributed by atoms with Crippen LogP contribution in [0.4, 0.5) is 4.79 Å². The normalized spacial score (nSPS) is 22.9. The van der Waals surface area contributed by atoms with E-state index in [1.165, 1.54) is 12.8 Å². The van der Waals surface area contributed by atoms with Crippen molar-refractivity contribution in [1.29, 1.82) is 0 Å². The Morgan fingerprint density at radius 2 is 2.22 bits per heavy atom. The standard InChI is InChI=1S/C16H27N5OS/c1-12-18-13(2)21(19-12)10-14-5-4-8-20(9-14)15(22)17-11-16(23-3)6-7-16/h14H,4-11H2,1-3H3,(H,17,22)/t14-/m1/s1. The number of nitrogens with zero attached hydrogens (tertiary/aromatic N) is 4. The molecule has 6 nitrogen and oxygen atoms in total. The first-order valence-corrected chi connectivity index (χ1v) is 9.70. The molecule has 0 bridgehead atoms. The molecule has 7 heteroatoms. The van der Waals surface area contributed by atoms with Gasteiger partial charge in [-0.25, -0.2) is 14.5 Å². The summed E-state index contributed by atoms with van der Waals surface area (Å²) in [7, 11) is 0. The zero-order chi connectivity index (χ0) is 16.4. The molecule has 1 aliphatic carbocycles. The van der Waals surface area contributed by atoms with Crippen LogP contribution in [-0.4, -0.2) is 56.3 Å². The molecule has 1 aromatic rings. The van der Waals surface area contributed by atoms with Crippen molar-refractivity contribution in [2.24, 2.45) is 5.92 Å². The van der Waals surface area contributed by atoms with E-state index >= 15 is 0 Å². The van der Waals surface area contributed by atoms with E-state index in [2.05, 4.69) is 21.7 Å². The smallest absolute Gasteiger partial charge is 0.317 e. The molecule has 0 radical (unpaired) electrons. The molecule has 1 atom stereocenters. The highest BCUT2D eigenvalue weighted by Crippen LogP contribution is 2.46. The molecule has 2 fully saturated rings. The van der Waals surface area contributed by atoms with Gasteiger partial charge in [0.15, 0.2) is 0 Å². The van der Waals surface area contributed by atoms with Gasteiger partial charge >= 0.3 is 6.03 Å². The summed E-state index contributed by atoms with van der Waals surface area (Å²) in [5.41, 5.74) is 0. The van der Waals surface area contributed by atoms with Crippen LogP contribution in [0.25, 0.3) is 0 Å². The first kappa shape index (κ1) is 16.6. The second kappa shape index (κ2) is 6.71. The van der Waals surface area contributed by atoms with Gasteiger partial charge in [0.1, 0.15) is 11.6 Å². The van der Waals surface area contributed by atoms with Gasteiger partial charge in [0.25, 0.3) is 0 Å². The van der Waals surface area contributed by atoms with Crippen molar-refractivity contribution in [2.45, 2.75) is 50.8 Å². The van der Waals surface area contributed by atoms with Crippen molar-refractivity contribution in [3.63, 3.8) is 0 Å². The monoisotopic (exact) mass is 337 g/mol. The van der Waals surface area contributed by atoms with E-state index in [-0.39, 0.29) is 6.03 Å². The van der Waals surface area contributed by atoms with Crippen molar-refractivity contribution in [1.82, 2.24) is 25.0 Å². The first-order valence-electron chi connectivity index (χ1n) is 8.47. The van der Waals surface area contributed by atoms with Crippen molar-refractivity contribution in [2.75, 3.05) is 25.9 Å². The first-order chi connectivity index (χ1) is 11.0. The Balaban J connectivity index is 1.51. The number of piperidine rings is 1. The molecule has 128 valence electrons. The lowest BCUT2D eigenvalue weighted by atomic mass is 9.98. The number of thioether (sulfide) groups is 1. The lowest BCUT2D eigenvalue weighted by molar-refractivity contribution is 0.157. The molecule has 0 unspecified atom stereocenters. The molecule has 0 spiro atoms. The summed E-state index contributed by atoms with van der Waals surface area (Å²) in [6.07, 6.45) is 6.80. The maximum Gasteiger partial charge on any atom is 0.317 e. The van der Waals surface area contributed by atoms with Crippen LogP contribution in [0, 0.1) is 19.8 Å². The fourth-order valence-electron chi connectivity index (χ4n) is 3.32. The van der Waals surface area contributed by atoms with E-state index in [4.69, 9.17) is 0 Å². The third-order valence-corrected chi connectivity index (χ3v) is 6.42. The number of aromatic nitrogens is 3. The van der Waals surface area contributed by atoms with Crippen LogP contribution in [-0.2, 0) is 6.54 Å². The average molecular weight is 337 g/mol. The van der Waals surface area contributed by atoms with Crippen LogP contribution in [0.3, 0.4) is 0 Å². The van der Waals surface area contributed by atoms with Crippen molar-refractivity contribution in [3.8, 4) is 0 Å².